The summed E-state index contributed by atoms with van der Waals surface area (Å²) in [6.45, 7) is 0.638. The lowest BCUT2D eigenvalue weighted by atomic mass is 9.85. The number of piperidine rings is 1. The van der Waals surface area contributed by atoms with Crippen LogP contribution >= 0.6 is 11.6 Å². The second-order valence-electron chi connectivity index (χ2n) is 8.02. The van der Waals surface area contributed by atoms with Crippen molar-refractivity contribution in [1.82, 2.24) is 4.90 Å². The van der Waals surface area contributed by atoms with Crippen LogP contribution in [0, 0.1) is 12.1 Å². The highest BCUT2D eigenvalue weighted by molar-refractivity contribution is 7.92. The summed E-state index contributed by atoms with van der Waals surface area (Å²) in [7, 11) is -4.04. The van der Waals surface area contributed by atoms with Gasteiger partial charge in [-0.2, -0.15) is 0 Å². The fourth-order valence-corrected chi connectivity index (χ4v) is 5.37. The molecule has 176 valence electrons. The number of hydrogen-bond acceptors (Lipinski definition) is 6. The van der Waals surface area contributed by atoms with Gasteiger partial charge < -0.3 is 20.8 Å². The van der Waals surface area contributed by atoms with E-state index in [2.05, 4.69) is 16.9 Å². The van der Waals surface area contributed by atoms with E-state index < -0.39 is 15.6 Å². The van der Waals surface area contributed by atoms with Crippen molar-refractivity contribution in [2.24, 2.45) is 0 Å². The molecular weight excluding hydrogens is 478 g/mol. The topological polar surface area (TPSA) is 133 Å². The van der Waals surface area contributed by atoms with Crippen molar-refractivity contribution in [2.75, 3.05) is 23.5 Å². The zero-order chi connectivity index (χ0) is 24.5. The number of rotatable bonds is 5. The third-order valence-electron chi connectivity index (χ3n) is 5.81. The van der Waals surface area contributed by atoms with Gasteiger partial charge in [-0.3, -0.25) is 9.52 Å². The number of sulfonamides is 1. The lowest BCUT2D eigenvalue weighted by Gasteiger charge is -2.38. The third-order valence-corrected chi connectivity index (χ3v) is 7.56. The van der Waals surface area contributed by atoms with Gasteiger partial charge in [0.15, 0.2) is 0 Å². The highest BCUT2D eigenvalue weighted by Crippen LogP contribution is 2.36. The van der Waals surface area contributed by atoms with Gasteiger partial charge in [-0.1, -0.05) is 29.8 Å². The molecule has 0 saturated carbocycles. The van der Waals surface area contributed by atoms with Gasteiger partial charge in [0, 0.05) is 24.3 Å². The summed E-state index contributed by atoms with van der Waals surface area (Å²) in [5.41, 5.74) is 5.35. The molecule has 8 nitrogen and oxygen atoms in total. The number of nitrogens with one attached hydrogen (secondary N) is 1. The molecule has 0 radical (unpaired) electrons. The normalized spacial score (nSPS) is 15.4. The van der Waals surface area contributed by atoms with Gasteiger partial charge in [0.2, 0.25) is 0 Å². The van der Waals surface area contributed by atoms with Crippen molar-refractivity contribution in [3.8, 4) is 5.75 Å². The van der Waals surface area contributed by atoms with Crippen molar-refractivity contribution in [3.05, 3.63) is 82.9 Å². The number of hydrogen-bond donors (Lipinski definition) is 4. The molecular formula is C24H22ClN3O5S. The Morgan fingerprint density at radius 2 is 1.79 bits per heavy atom. The first-order valence-corrected chi connectivity index (χ1v) is 12.3. The summed E-state index contributed by atoms with van der Waals surface area (Å²) in [5.74, 6) is -0.564. The molecule has 4 rings (SSSR count). The molecule has 3 aromatic carbocycles. The van der Waals surface area contributed by atoms with E-state index in [-0.39, 0.29) is 27.9 Å². The van der Waals surface area contributed by atoms with Gasteiger partial charge >= 0.3 is 0 Å². The maximum absolute atomic E-state index is 12.9. The predicted molar refractivity (Wildman–Crippen MR) is 128 cm³/mol. The van der Waals surface area contributed by atoms with E-state index in [4.69, 9.17) is 17.3 Å². The number of carbonyl (C=O) groups excluding carboxylic acids is 1. The van der Waals surface area contributed by atoms with Gasteiger partial charge in [0.1, 0.15) is 16.2 Å². The first kappa shape index (κ1) is 23.7. The number of phenolic OH excluding ortho intramolecular Hbond substituents is 1. The monoisotopic (exact) mass is 499 g/mol. The van der Waals surface area contributed by atoms with E-state index in [0.29, 0.717) is 42.1 Å². The molecule has 0 atom stereocenters. The number of nitrogens with zero attached hydrogens (tertiary/aromatic N) is 1. The number of nitrogens with two attached hydrogens (primary N) is 1. The molecule has 1 fully saturated rings. The second kappa shape index (κ2) is 9.06. The highest BCUT2D eigenvalue weighted by atomic mass is 35.5. The Morgan fingerprint density at radius 1 is 1.12 bits per heavy atom. The molecule has 0 aliphatic carbocycles. The second-order valence-corrected chi connectivity index (χ2v) is 10.1. The number of likely N-dealkylation sites (tertiary alicyclic amines) is 1. The van der Waals surface area contributed by atoms with Gasteiger partial charge in [0.25, 0.3) is 15.9 Å². The van der Waals surface area contributed by atoms with Crippen molar-refractivity contribution < 1.29 is 23.4 Å². The summed E-state index contributed by atoms with van der Waals surface area (Å²) in [4.78, 5) is 14.3. The minimum atomic E-state index is -4.04. The Hall–Kier alpha value is -3.45. The molecule has 0 unspecified atom stereocenters. The van der Waals surface area contributed by atoms with E-state index in [1.807, 2.05) is 0 Å². The summed E-state index contributed by atoms with van der Waals surface area (Å²) >= 11 is 6.20. The lowest BCUT2D eigenvalue weighted by Crippen LogP contribution is -2.45. The molecule has 0 spiro atoms. The fraction of sp³-hybridized carbons (Fsp3) is 0.208. The molecule has 1 saturated heterocycles. The zero-order valence-electron chi connectivity index (χ0n) is 18.0. The van der Waals surface area contributed by atoms with Crippen molar-refractivity contribution >= 4 is 38.9 Å². The smallest absolute Gasteiger partial charge is 0.264 e. The molecule has 1 aliphatic heterocycles. The Bertz CT molecular complexity index is 1320. The molecule has 1 aliphatic rings. The highest BCUT2D eigenvalue weighted by Gasteiger charge is 2.37. The summed E-state index contributed by atoms with van der Waals surface area (Å²) in [6, 6.07) is 18.9. The molecule has 1 amide bonds. The van der Waals surface area contributed by atoms with E-state index in [0.717, 1.165) is 0 Å². The summed E-state index contributed by atoms with van der Waals surface area (Å²) < 4.78 is 27.6. The first-order chi connectivity index (χ1) is 16.1. The van der Waals surface area contributed by atoms with Crippen LogP contribution in [0.5, 0.6) is 5.75 Å². The van der Waals surface area contributed by atoms with Gasteiger partial charge in [0.05, 0.1) is 16.3 Å². The molecule has 10 heteroatoms. The van der Waals surface area contributed by atoms with Crippen LogP contribution < -0.4 is 10.5 Å². The predicted octanol–water partition coefficient (Wildman–Crippen LogP) is 3.15. The fourth-order valence-electron chi connectivity index (χ4n) is 3.88. The first-order valence-electron chi connectivity index (χ1n) is 10.4. The van der Waals surface area contributed by atoms with Crippen LogP contribution in [0.15, 0.2) is 59.5 Å². The number of anilines is 2. The van der Waals surface area contributed by atoms with Crippen LogP contribution in [0.2, 0.25) is 5.02 Å². The van der Waals surface area contributed by atoms with E-state index in [1.165, 1.54) is 42.5 Å². The molecule has 0 aromatic heterocycles. The van der Waals surface area contributed by atoms with Crippen LogP contribution in [0.4, 0.5) is 11.4 Å². The molecule has 1 heterocycles. The van der Waals surface area contributed by atoms with Crippen molar-refractivity contribution in [1.29, 1.82) is 0 Å². The minimum Gasteiger partial charge on any atom is -0.506 e. The Balaban J connectivity index is 1.43. The molecule has 34 heavy (non-hydrogen) atoms. The van der Waals surface area contributed by atoms with Crippen LogP contribution in [0.25, 0.3) is 0 Å². The number of nitrogen functional groups attached to an aromatic ring is 1. The SMILES string of the molecule is Nc1c(O)cccc1S(=O)(=O)Nc1ccc(C(=O)N2CCC(O)(c3c#cccc3Cl)CC2)cc1. The van der Waals surface area contributed by atoms with Crippen LogP contribution in [-0.2, 0) is 15.6 Å². The maximum atomic E-state index is 12.9. The number of aromatic hydroxyl groups is 1. The Labute approximate surface area is 202 Å². The van der Waals surface area contributed by atoms with Crippen LogP contribution in [-0.4, -0.2) is 42.5 Å². The number of halogens is 1. The lowest BCUT2D eigenvalue weighted by molar-refractivity contribution is -0.0210. The minimum absolute atomic E-state index is 0.233. The van der Waals surface area contributed by atoms with E-state index in [9.17, 15) is 23.4 Å². The summed E-state index contributed by atoms with van der Waals surface area (Å²) in [6.07, 6.45) is 0.603. The van der Waals surface area contributed by atoms with Gasteiger partial charge in [-0.25, -0.2) is 8.42 Å². The van der Waals surface area contributed by atoms with Crippen molar-refractivity contribution in [2.45, 2.75) is 23.3 Å². The van der Waals surface area contributed by atoms with Crippen molar-refractivity contribution in [3.63, 3.8) is 0 Å². The van der Waals surface area contributed by atoms with Gasteiger partial charge in [-0.05, 0) is 61.4 Å². The number of carbonyl (C=O) groups is 1. The number of aliphatic hydroxyl groups is 1. The molecule has 0 bridgehead atoms. The number of benzene rings is 2. The average molecular weight is 500 g/mol. The van der Waals surface area contributed by atoms with E-state index >= 15 is 0 Å². The Kier molecular flexibility index (Phi) is 6.32. The van der Waals surface area contributed by atoms with E-state index in [1.54, 1.807) is 17.0 Å². The third kappa shape index (κ3) is 4.61. The largest absolute Gasteiger partial charge is 0.506 e. The summed E-state index contributed by atoms with van der Waals surface area (Å²) in [5, 5.41) is 21.1. The Morgan fingerprint density at radius 3 is 2.44 bits per heavy atom. The standard InChI is InChI=1S/C24H22ClN3O5S/c25-19-5-2-1-4-18(19)24(31)12-14-28(15-13-24)23(30)16-8-10-17(11-9-16)27-34(32,33)21-7-3-6-20(29)22(21)26/h2-3,5-11,27,29,31H,12-15,26H2. The number of amides is 1. The molecule has 3 aromatic rings. The molecule has 5 N–H and O–H groups in total. The number of para-hydroxylation sites is 1. The average Bonchev–Trinajstić information content (AvgIpc) is 2.81. The van der Waals surface area contributed by atoms with Gasteiger partial charge in [-0.15, -0.1) is 0 Å². The maximum Gasteiger partial charge on any atom is 0.264 e. The zero-order valence-corrected chi connectivity index (χ0v) is 19.5. The van der Waals surface area contributed by atoms with Crippen LogP contribution in [0.3, 0.4) is 0 Å². The van der Waals surface area contributed by atoms with Crippen LogP contribution in [0.1, 0.15) is 28.8 Å². The number of phenols is 1. The quantitative estimate of drug-likeness (QED) is 0.315.